The van der Waals surface area contributed by atoms with Crippen LogP contribution in [0.5, 0.6) is 0 Å². The fourth-order valence-electron chi connectivity index (χ4n) is 2.83. The average molecular weight is 321 g/mol. The molecule has 1 fully saturated rings. The number of benzene rings is 1. The summed E-state index contributed by atoms with van der Waals surface area (Å²) in [7, 11) is 0. The van der Waals surface area contributed by atoms with Crippen LogP contribution >= 0.6 is 11.8 Å². The second kappa shape index (κ2) is 8.59. The highest BCUT2D eigenvalue weighted by molar-refractivity contribution is 8.00. The Labute approximate surface area is 138 Å². The maximum atomic E-state index is 12.4. The first-order valence-corrected chi connectivity index (χ1v) is 9.27. The molecule has 0 atom stereocenters. The molecule has 0 unspecified atom stereocenters. The van der Waals surface area contributed by atoms with Gasteiger partial charge >= 0.3 is 0 Å². The van der Waals surface area contributed by atoms with Gasteiger partial charge in [-0.05, 0) is 57.3 Å². The van der Waals surface area contributed by atoms with Crippen LogP contribution < -0.4 is 5.32 Å². The Bertz CT molecular complexity index is 496. The van der Waals surface area contributed by atoms with E-state index in [4.69, 9.17) is 0 Å². The fraction of sp³-hybridized carbons (Fsp3) is 0.611. The summed E-state index contributed by atoms with van der Waals surface area (Å²) < 4.78 is 0. The van der Waals surface area contributed by atoms with Gasteiger partial charge in [-0.1, -0.05) is 24.6 Å². The number of aryl methyl sites for hydroxylation is 2. The maximum absolute atomic E-state index is 12.4. The van der Waals surface area contributed by atoms with Crippen molar-refractivity contribution < 1.29 is 4.79 Å². The number of hydrogen-bond acceptors (Lipinski definition) is 3. The minimum Gasteiger partial charge on any atom is -0.342 e. The third-order valence-electron chi connectivity index (χ3n) is 4.35. The molecule has 1 aliphatic rings. The molecule has 0 saturated carbocycles. The lowest BCUT2D eigenvalue weighted by Gasteiger charge is -2.32. The van der Waals surface area contributed by atoms with Crippen LogP contribution in [0, 0.1) is 19.8 Å². The van der Waals surface area contributed by atoms with Crippen molar-refractivity contribution in [2.75, 3.05) is 31.9 Å². The average Bonchev–Trinajstić information content (AvgIpc) is 2.54. The Morgan fingerprint density at radius 2 is 2.05 bits per heavy atom. The van der Waals surface area contributed by atoms with E-state index in [1.165, 1.54) is 16.0 Å². The molecule has 1 amide bonds. The minimum atomic E-state index is 0.285. The van der Waals surface area contributed by atoms with Gasteiger partial charge < -0.3 is 10.2 Å². The van der Waals surface area contributed by atoms with Crippen molar-refractivity contribution in [1.82, 2.24) is 10.2 Å². The maximum Gasteiger partial charge on any atom is 0.232 e. The summed E-state index contributed by atoms with van der Waals surface area (Å²) in [4.78, 5) is 15.7. The lowest BCUT2D eigenvalue weighted by atomic mass is 9.97. The number of amides is 1. The molecule has 0 radical (unpaired) electrons. The van der Waals surface area contributed by atoms with Crippen molar-refractivity contribution in [2.45, 2.75) is 38.5 Å². The highest BCUT2D eigenvalue weighted by Gasteiger charge is 2.22. The quantitative estimate of drug-likeness (QED) is 0.817. The molecule has 1 N–H and O–H groups in total. The monoisotopic (exact) mass is 320 g/mol. The molecular weight excluding hydrogens is 292 g/mol. The molecule has 0 aliphatic carbocycles. The van der Waals surface area contributed by atoms with E-state index >= 15 is 0 Å². The Morgan fingerprint density at radius 3 is 2.73 bits per heavy atom. The zero-order valence-corrected chi connectivity index (χ0v) is 14.8. The number of nitrogens with one attached hydrogen (secondary N) is 1. The van der Waals surface area contributed by atoms with Crippen molar-refractivity contribution in [3.8, 4) is 0 Å². The fourth-order valence-corrected chi connectivity index (χ4v) is 3.86. The van der Waals surface area contributed by atoms with Gasteiger partial charge in [-0.2, -0.15) is 0 Å². The Kier molecular flexibility index (Phi) is 6.77. The predicted molar refractivity (Wildman–Crippen MR) is 94.5 cm³/mol. The van der Waals surface area contributed by atoms with E-state index in [1.54, 1.807) is 11.8 Å². The zero-order valence-electron chi connectivity index (χ0n) is 14.0. The summed E-state index contributed by atoms with van der Waals surface area (Å²) in [6, 6.07) is 6.43. The van der Waals surface area contributed by atoms with Crippen LogP contribution in [-0.2, 0) is 4.79 Å². The third kappa shape index (κ3) is 5.03. The molecule has 2 rings (SSSR count). The highest BCUT2D eigenvalue weighted by atomic mass is 32.2. The van der Waals surface area contributed by atoms with Gasteiger partial charge in [-0.25, -0.2) is 0 Å². The smallest absolute Gasteiger partial charge is 0.232 e. The number of hydrogen-bond donors (Lipinski definition) is 1. The van der Waals surface area contributed by atoms with Crippen LogP contribution in [0.15, 0.2) is 23.1 Å². The van der Waals surface area contributed by atoms with E-state index in [0.717, 1.165) is 44.9 Å². The Balaban J connectivity index is 1.77. The van der Waals surface area contributed by atoms with Gasteiger partial charge in [-0.3, -0.25) is 4.79 Å². The molecule has 3 nitrogen and oxygen atoms in total. The van der Waals surface area contributed by atoms with Crippen molar-refractivity contribution in [3.05, 3.63) is 29.3 Å². The third-order valence-corrected chi connectivity index (χ3v) is 5.49. The molecule has 122 valence electrons. The summed E-state index contributed by atoms with van der Waals surface area (Å²) >= 11 is 1.67. The van der Waals surface area contributed by atoms with Gasteiger partial charge in [-0.15, -0.1) is 11.8 Å². The molecular formula is C18H28N2OS. The van der Waals surface area contributed by atoms with E-state index in [0.29, 0.717) is 5.75 Å². The van der Waals surface area contributed by atoms with Gasteiger partial charge in [0.2, 0.25) is 5.91 Å². The van der Waals surface area contributed by atoms with Crippen LogP contribution in [-0.4, -0.2) is 42.7 Å². The van der Waals surface area contributed by atoms with Crippen molar-refractivity contribution in [2.24, 2.45) is 5.92 Å². The molecule has 1 aliphatic heterocycles. The first-order chi connectivity index (χ1) is 10.6. The molecule has 1 aromatic rings. The number of nitrogens with zero attached hydrogens (tertiary/aromatic N) is 1. The largest absolute Gasteiger partial charge is 0.342 e. The number of carbonyl (C=O) groups excluding carboxylic acids is 1. The topological polar surface area (TPSA) is 32.3 Å². The van der Waals surface area contributed by atoms with Crippen LogP contribution in [0.3, 0.4) is 0 Å². The summed E-state index contributed by atoms with van der Waals surface area (Å²) in [5, 5.41) is 3.41. The predicted octanol–water partition coefficient (Wildman–Crippen LogP) is 3.24. The molecule has 1 heterocycles. The first-order valence-electron chi connectivity index (χ1n) is 8.28. The molecule has 1 aromatic carbocycles. The molecule has 4 heteroatoms. The normalized spacial score (nSPS) is 16.0. The van der Waals surface area contributed by atoms with E-state index in [9.17, 15) is 4.79 Å². The lowest BCUT2D eigenvalue weighted by molar-refractivity contribution is -0.129. The number of likely N-dealkylation sites (tertiary alicyclic amines) is 1. The highest BCUT2D eigenvalue weighted by Crippen LogP contribution is 2.25. The molecule has 0 bridgehead atoms. The van der Waals surface area contributed by atoms with Crippen molar-refractivity contribution in [3.63, 3.8) is 0 Å². The molecule has 1 saturated heterocycles. The summed E-state index contributed by atoms with van der Waals surface area (Å²) in [6.45, 7) is 10.3. The minimum absolute atomic E-state index is 0.285. The number of piperidine rings is 1. The molecule has 22 heavy (non-hydrogen) atoms. The van der Waals surface area contributed by atoms with Crippen LogP contribution in [0.25, 0.3) is 0 Å². The van der Waals surface area contributed by atoms with E-state index in [2.05, 4.69) is 44.3 Å². The number of rotatable bonds is 6. The zero-order chi connectivity index (χ0) is 15.9. The van der Waals surface area contributed by atoms with E-state index < -0.39 is 0 Å². The van der Waals surface area contributed by atoms with Crippen LogP contribution in [0.4, 0.5) is 0 Å². The Morgan fingerprint density at radius 1 is 1.32 bits per heavy atom. The van der Waals surface area contributed by atoms with Crippen molar-refractivity contribution in [1.29, 1.82) is 0 Å². The second-order valence-electron chi connectivity index (χ2n) is 6.19. The summed E-state index contributed by atoms with van der Waals surface area (Å²) in [5.74, 6) is 1.57. The lowest BCUT2D eigenvalue weighted by Crippen LogP contribution is -2.41. The first kappa shape index (κ1) is 17.4. The van der Waals surface area contributed by atoms with Gasteiger partial charge in [0.05, 0.1) is 5.75 Å². The SMILES string of the molecule is CCNCC1CCN(C(=O)CSc2cc(C)ccc2C)CC1. The van der Waals surface area contributed by atoms with Crippen LogP contribution in [0.1, 0.15) is 30.9 Å². The van der Waals surface area contributed by atoms with Gasteiger partial charge in [0.1, 0.15) is 0 Å². The van der Waals surface area contributed by atoms with E-state index in [1.807, 2.05) is 4.90 Å². The van der Waals surface area contributed by atoms with Gasteiger partial charge in [0.15, 0.2) is 0 Å². The summed E-state index contributed by atoms with van der Waals surface area (Å²) in [5.41, 5.74) is 2.51. The standard InChI is InChI=1S/C18H28N2OS/c1-4-19-12-16-7-9-20(10-8-16)18(21)13-22-17-11-14(2)5-6-15(17)3/h5-6,11,16,19H,4,7-10,12-13H2,1-3H3. The summed E-state index contributed by atoms with van der Waals surface area (Å²) in [6.07, 6.45) is 2.26. The number of thioether (sulfide) groups is 1. The van der Waals surface area contributed by atoms with Gasteiger partial charge in [0.25, 0.3) is 0 Å². The van der Waals surface area contributed by atoms with Crippen molar-refractivity contribution >= 4 is 17.7 Å². The molecule has 0 spiro atoms. The van der Waals surface area contributed by atoms with Gasteiger partial charge in [0, 0.05) is 18.0 Å². The van der Waals surface area contributed by atoms with Crippen LogP contribution in [0.2, 0.25) is 0 Å². The second-order valence-corrected chi connectivity index (χ2v) is 7.21. The Hall–Kier alpha value is -1.00. The molecule has 0 aromatic heterocycles. The van der Waals surface area contributed by atoms with E-state index in [-0.39, 0.29) is 5.91 Å². The number of carbonyl (C=O) groups is 1.